The normalized spacial score (nSPS) is 9.79. The van der Waals surface area contributed by atoms with Gasteiger partial charge < -0.3 is 20.6 Å². The molecule has 0 bridgehead atoms. The number of hydrogen-bond acceptors (Lipinski definition) is 4. The lowest BCUT2D eigenvalue weighted by Crippen LogP contribution is -2.12. The molecule has 1 amide bonds. The molecule has 0 heterocycles. The van der Waals surface area contributed by atoms with Crippen molar-refractivity contribution in [2.75, 3.05) is 11.9 Å². The molecule has 0 fully saturated rings. The molecular formula is C9H11NO4. The van der Waals surface area contributed by atoms with Crippen LogP contribution in [0.3, 0.4) is 0 Å². The molecule has 5 nitrogen and oxygen atoms in total. The number of rotatable bonds is 3. The third-order valence-corrected chi connectivity index (χ3v) is 1.53. The van der Waals surface area contributed by atoms with Crippen LogP contribution in [0.2, 0.25) is 0 Å². The molecule has 76 valence electrons. The van der Waals surface area contributed by atoms with Crippen LogP contribution in [0.5, 0.6) is 11.5 Å². The van der Waals surface area contributed by atoms with Gasteiger partial charge in [-0.05, 0) is 0 Å². The molecule has 0 spiro atoms. The third kappa shape index (κ3) is 2.95. The lowest BCUT2D eigenvalue weighted by Gasteiger charge is -2.04. The molecule has 0 aliphatic rings. The maximum atomic E-state index is 11.0. The predicted octanol–water partition coefficient (Wildman–Crippen LogP) is 0.419. The van der Waals surface area contributed by atoms with Crippen molar-refractivity contribution in [1.29, 1.82) is 0 Å². The molecule has 0 atom stereocenters. The van der Waals surface area contributed by atoms with E-state index in [1.165, 1.54) is 12.1 Å². The number of aromatic hydroxyl groups is 2. The molecule has 1 rings (SSSR count). The van der Waals surface area contributed by atoms with Gasteiger partial charge in [0.1, 0.15) is 11.5 Å². The molecular weight excluding hydrogens is 186 g/mol. The van der Waals surface area contributed by atoms with Crippen LogP contribution in [0.25, 0.3) is 0 Å². The SMILES string of the molecule is O=C(CCO)Nc1cc(O)cc(O)c1. The van der Waals surface area contributed by atoms with Crippen molar-refractivity contribution >= 4 is 11.6 Å². The van der Waals surface area contributed by atoms with Gasteiger partial charge in [-0.1, -0.05) is 0 Å². The van der Waals surface area contributed by atoms with Gasteiger partial charge in [0.2, 0.25) is 5.91 Å². The Hall–Kier alpha value is -1.75. The van der Waals surface area contributed by atoms with E-state index in [-0.39, 0.29) is 30.4 Å². The molecule has 1 aromatic rings. The molecule has 5 heteroatoms. The van der Waals surface area contributed by atoms with Gasteiger partial charge in [-0.25, -0.2) is 0 Å². The minimum Gasteiger partial charge on any atom is -0.508 e. The molecule has 14 heavy (non-hydrogen) atoms. The fourth-order valence-corrected chi connectivity index (χ4v) is 0.992. The van der Waals surface area contributed by atoms with Crippen molar-refractivity contribution in [3.8, 4) is 11.5 Å². The topological polar surface area (TPSA) is 89.8 Å². The number of hydrogen-bond donors (Lipinski definition) is 4. The van der Waals surface area contributed by atoms with E-state index in [4.69, 9.17) is 15.3 Å². The maximum absolute atomic E-state index is 11.0. The summed E-state index contributed by atoms with van der Waals surface area (Å²) in [4.78, 5) is 11.0. The van der Waals surface area contributed by atoms with Gasteiger partial charge >= 0.3 is 0 Å². The number of benzene rings is 1. The maximum Gasteiger partial charge on any atom is 0.226 e. The van der Waals surface area contributed by atoms with Gasteiger partial charge in [-0.2, -0.15) is 0 Å². The lowest BCUT2D eigenvalue weighted by molar-refractivity contribution is -0.116. The highest BCUT2D eigenvalue weighted by molar-refractivity contribution is 5.91. The molecule has 0 saturated carbocycles. The van der Waals surface area contributed by atoms with Crippen molar-refractivity contribution in [2.45, 2.75) is 6.42 Å². The predicted molar refractivity (Wildman–Crippen MR) is 50.1 cm³/mol. The Morgan fingerprint density at radius 3 is 2.29 bits per heavy atom. The lowest BCUT2D eigenvalue weighted by atomic mass is 10.2. The van der Waals surface area contributed by atoms with Crippen molar-refractivity contribution in [1.82, 2.24) is 0 Å². The summed E-state index contributed by atoms with van der Waals surface area (Å²) in [6, 6.07) is 3.76. The van der Waals surface area contributed by atoms with Crippen molar-refractivity contribution < 1.29 is 20.1 Å². The van der Waals surface area contributed by atoms with Crippen molar-refractivity contribution in [3.05, 3.63) is 18.2 Å². The minimum absolute atomic E-state index is 0.0174. The second-order valence-corrected chi connectivity index (χ2v) is 2.76. The van der Waals surface area contributed by atoms with Gasteiger partial charge in [0, 0.05) is 23.9 Å². The first-order valence-corrected chi connectivity index (χ1v) is 4.05. The minimum atomic E-state index is -0.377. The Bertz CT molecular complexity index is 317. The number of aliphatic hydroxyl groups excluding tert-OH is 1. The number of amides is 1. The summed E-state index contributed by atoms with van der Waals surface area (Å²) in [6.45, 7) is -0.239. The van der Waals surface area contributed by atoms with Crippen LogP contribution in [0.1, 0.15) is 6.42 Å². The van der Waals surface area contributed by atoms with Crippen LogP contribution in [0.15, 0.2) is 18.2 Å². The van der Waals surface area contributed by atoms with Gasteiger partial charge in [0.15, 0.2) is 0 Å². The standard InChI is InChI=1S/C9H11NO4/c11-2-1-9(14)10-6-3-7(12)5-8(13)4-6/h3-5,11-13H,1-2H2,(H,10,14). The van der Waals surface area contributed by atoms with Crippen molar-refractivity contribution in [2.24, 2.45) is 0 Å². The summed E-state index contributed by atoms with van der Waals surface area (Å²) in [5, 5.41) is 29.0. The van der Waals surface area contributed by atoms with E-state index in [1.807, 2.05) is 0 Å². The Morgan fingerprint density at radius 2 is 1.79 bits per heavy atom. The van der Waals surface area contributed by atoms with E-state index < -0.39 is 0 Å². The van der Waals surface area contributed by atoms with Crippen LogP contribution in [-0.2, 0) is 4.79 Å². The molecule has 0 aliphatic carbocycles. The van der Waals surface area contributed by atoms with E-state index in [0.717, 1.165) is 6.07 Å². The highest BCUT2D eigenvalue weighted by Gasteiger charge is 2.03. The summed E-state index contributed by atoms with van der Waals surface area (Å²) in [6.07, 6.45) is -0.0174. The Balaban J connectivity index is 2.71. The number of carbonyl (C=O) groups excluding carboxylic acids is 1. The van der Waals surface area contributed by atoms with E-state index in [0.29, 0.717) is 5.69 Å². The van der Waals surface area contributed by atoms with Gasteiger partial charge in [0.05, 0.1) is 13.0 Å². The number of aliphatic hydroxyl groups is 1. The fourth-order valence-electron chi connectivity index (χ4n) is 0.992. The first kappa shape index (κ1) is 10.3. The summed E-state index contributed by atoms with van der Waals surface area (Å²) in [5.74, 6) is -0.647. The van der Waals surface area contributed by atoms with Gasteiger partial charge in [-0.15, -0.1) is 0 Å². The smallest absolute Gasteiger partial charge is 0.226 e. The monoisotopic (exact) mass is 197 g/mol. The van der Waals surface area contributed by atoms with Gasteiger partial charge in [0.25, 0.3) is 0 Å². The van der Waals surface area contributed by atoms with Crippen LogP contribution in [0, 0.1) is 0 Å². The summed E-state index contributed by atoms with van der Waals surface area (Å²) < 4.78 is 0. The zero-order valence-corrected chi connectivity index (χ0v) is 7.40. The quantitative estimate of drug-likeness (QED) is 0.565. The Labute approximate surface area is 80.6 Å². The first-order chi connectivity index (χ1) is 6.61. The molecule has 0 unspecified atom stereocenters. The fraction of sp³-hybridized carbons (Fsp3) is 0.222. The van der Waals surface area contributed by atoms with Crippen LogP contribution < -0.4 is 5.32 Å². The zero-order valence-electron chi connectivity index (χ0n) is 7.40. The zero-order chi connectivity index (χ0) is 10.6. The third-order valence-electron chi connectivity index (χ3n) is 1.53. The van der Waals surface area contributed by atoms with E-state index in [1.54, 1.807) is 0 Å². The number of carbonyl (C=O) groups is 1. The molecule has 0 radical (unpaired) electrons. The molecule has 0 saturated heterocycles. The molecule has 1 aromatic carbocycles. The average Bonchev–Trinajstić information content (AvgIpc) is 2.01. The van der Waals surface area contributed by atoms with Gasteiger partial charge in [-0.3, -0.25) is 4.79 Å². The summed E-state index contributed by atoms with van der Waals surface area (Å²) >= 11 is 0. The van der Waals surface area contributed by atoms with E-state index in [9.17, 15) is 4.79 Å². The summed E-state index contributed by atoms with van der Waals surface area (Å²) in [5.41, 5.74) is 0.293. The molecule has 0 aliphatic heterocycles. The number of phenols is 2. The van der Waals surface area contributed by atoms with Crippen LogP contribution in [-0.4, -0.2) is 27.8 Å². The van der Waals surface area contributed by atoms with E-state index >= 15 is 0 Å². The second-order valence-electron chi connectivity index (χ2n) is 2.76. The first-order valence-electron chi connectivity index (χ1n) is 4.05. The highest BCUT2D eigenvalue weighted by atomic mass is 16.3. The average molecular weight is 197 g/mol. The number of phenolic OH excluding ortho intramolecular Hbond substituents is 2. The second kappa shape index (κ2) is 4.48. The number of nitrogens with one attached hydrogen (secondary N) is 1. The van der Waals surface area contributed by atoms with Crippen LogP contribution in [0.4, 0.5) is 5.69 Å². The Kier molecular flexibility index (Phi) is 3.30. The molecule has 4 N–H and O–H groups in total. The van der Waals surface area contributed by atoms with E-state index in [2.05, 4.69) is 5.32 Å². The largest absolute Gasteiger partial charge is 0.508 e. The molecule has 0 aromatic heterocycles. The number of anilines is 1. The van der Waals surface area contributed by atoms with Crippen molar-refractivity contribution in [3.63, 3.8) is 0 Å². The van der Waals surface area contributed by atoms with Crippen LogP contribution >= 0.6 is 0 Å². The Morgan fingerprint density at radius 1 is 1.21 bits per heavy atom. The summed E-state index contributed by atoms with van der Waals surface area (Å²) in [7, 11) is 0. The highest BCUT2D eigenvalue weighted by Crippen LogP contribution is 2.23.